The number of hydrogen-bond acceptors (Lipinski definition) is 5. The highest BCUT2D eigenvalue weighted by Crippen LogP contribution is 2.38. The third-order valence-electron chi connectivity index (χ3n) is 5.08. The predicted molar refractivity (Wildman–Crippen MR) is 125 cm³/mol. The third-order valence-corrected chi connectivity index (χ3v) is 7.40. The molecule has 2 N–H and O–H groups in total. The summed E-state index contributed by atoms with van der Waals surface area (Å²) >= 11 is 8.68. The van der Waals surface area contributed by atoms with Gasteiger partial charge in [-0.1, -0.05) is 44.1 Å². The summed E-state index contributed by atoms with van der Waals surface area (Å²) < 4.78 is 0.788. The molecule has 0 radical (unpaired) electrons. The lowest BCUT2D eigenvalue weighted by atomic mass is 9.70. The molecular formula is C22H28ClN3O2S2. The molecule has 1 aliphatic carbocycles. The molecule has 1 fully saturated rings. The monoisotopic (exact) mass is 465 g/mol. The van der Waals surface area contributed by atoms with E-state index in [4.69, 9.17) is 11.6 Å². The van der Waals surface area contributed by atoms with Gasteiger partial charge in [-0.15, -0.1) is 11.3 Å². The summed E-state index contributed by atoms with van der Waals surface area (Å²) in [5.41, 5.74) is 1.73. The number of rotatable bonds is 7. The van der Waals surface area contributed by atoms with E-state index < -0.39 is 0 Å². The van der Waals surface area contributed by atoms with Gasteiger partial charge in [0.05, 0.1) is 17.9 Å². The Bertz CT molecular complexity index is 883. The number of aromatic nitrogens is 1. The number of anilines is 1. The van der Waals surface area contributed by atoms with Crippen molar-refractivity contribution in [3.63, 3.8) is 0 Å². The van der Waals surface area contributed by atoms with Crippen molar-refractivity contribution in [3.05, 3.63) is 40.4 Å². The first-order valence-corrected chi connectivity index (χ1v) is 12.3. The maximum absolute atomic E-state index is 12.5. The molecular weight excluding hydrogens is 438 g/mol. The number of thioether (sulfide) groups is 1. The molecule has 1 heterocycles. The van der Waals surface area contributed by atoms with Gasteiger partial charge < -0.3 is 10.6 Å². The zero-order chi connectivity index (χ0) is 21.7. The Hall–Kier alpha value is -1.57. The number of nitrogens with one attached hydrogen (secondary N) is 2. The van der Waals surface area contributed by atoms with Crippen molar-refractivity contribution in [2.75, 3.05) is 11.1 Å². The van der Waals surface area contributed by atoms with Crippen LogP contribution in [-0.4, -0.2) is 28.6 Å². The van der Waals surface area contributed by atoms with Crippen LogP contribution in [0.25, 0.3) is 0 Å². The molecule has 1 saturated carbocycles. The largest absolute Gasteiger partial charge is 0.353 e. The molecule has 0 saturated heterocycles. The molecule has 3 rings (SSSR count). The number of carbonyl (C=O) groups is 2. The van der Waals surface area contributed by atoms with E-state index in [2.05, 4.69) is 36.4 Å². The van der Waals surface area contributed by atoms with Crippen molar-refractivity contribution >= 4 is 52.2 Å². The lowest BCUT2D eigenvalue weighted by Crippen LogP contribution is -2.43. The van der Waals surface area contributed by atoms with Crippen molar-refractivity contribution in [3.8, 4) is 0 Å². The Morgan fingerprint density at radius 3 is 2.67 bits per heavy atom. The molecule has 0 bridgehead atoms. The summed E-state index contributed by atoms with van der Waals surface area (Å²) in [5, 5.41) is 8.54. The fraction of sp³-hybridized carbons (Fsp3) is 0.500. The van der Waals surface area contributed by atoms with E-state index >= 15 is 0 Å². The zero-order valence-electron chi connectivity index (χ0n) is 17.5. The summed E-state index contributed by atoms with van der Waals surface area (Å²) in [4.78, 5) is 29.1. The van der Waals surface area contributed by atoms with Crippen LogP contribution in [0.1, 0.15) is 45.7 Å². The van der Waals surface area contributed by atoms with Crippen LogP contribution in [0.3, 0.4) is 0 Å². The lowest BCUT2D eigenvalue weighted by Gasteiger charge is -2.39. The van der Waals surface area contributed by atoms with E-state index in [9.17, 15) is 9.59 Å². The van der Waals surface area contributed by atoms with Gasteiger partial charge in [-0.05, 0) is 54.9 Å². The molecule has 1 aromatic carbocycles. The van der Waals surface area contributed by atoms with E-state index in [-0.39, 0.29) is 35.4 Å². The van der Waals surface area contributed by atoms with Crippen LogP contribution in [0, 0.1) is 11.3 Å². The molecule has 0 aliphatic heterocycles. The maximum atomic E-state index is 12.5. The van der Waals surface area contributed by atoms with Crippen molar-refractivity contribution in [1.29, 1.82) is 0 Å². The molecule has 5 nitrogen and oxygen atoms in total. The minimum Gasteiger partial charge on any atom is -0.353 e. The van der Waals surface area contributed by atoms with E-state index in [0.29, 0.717) is 16.6 Å². The highest BCUT2D eigenvalue weighted by molar-refractivity contribution is 8.01. The fourth-order valence-corrected chi connectivity index (χ4v) is 5.96. The van der Waals surface area contributed by atoms with Crippen LogP contribution < -0.4 is 10.6 Å². The predicted octanol–water partition coefficient (Wildman–Crippen LogP) is 5.40. The van der Waals surface area contributed by atoms with E-state index in [1.807, 2.05) is 5.38 Å². The SMILES string of the molecule is CC1CC(NC(=O)Cc2csc(SCC(=O)Nc3ccc(Cl)cc3)n2)CC(C)(C)C1. The van der Waals surface area contributed by atoms with Crippen molar-refractivity contribution < 1.29 is 9.59 Å². The molecule has 30 heavy (non-hydrogen) atoms. The van der Waals surface area contributed by atoms with Crippen LogP contribution in [0.2, 0.25) is 5.02 Å². The number of thiazole rings is 1. The van der Waals surface area contributed by atoms with Crippen LogP contribution in [0.15, 0.2) is 34.0 Å². The number of hydrogen-bond donors (Lipinski definition) is 2. The normalized spacial score (nSPS) is 20.5. The summed E-state index contributed by atoms with van der Waals surface area (Å²) in [7, 11) is 0. The first kappa shape index (κ1) is 23.1. The average molecular weight is 466 g/mol. The summed E-state index contributed by atoms with van der Waals surface area (Å²) in [5.74, 6) is 0.801. The Kier molecular flexibility index (Phi) is 7.82. The van der Waals surface area contributed by atoms with Gasteiger partial charge in [0.2, 0.25) is 11.8 Å². The van der Waals surface area contributed by atoms with Gasteiger partial charge in [-0.3, -0.25) is 9.59 Å². The fourth-order valence-electron chi connectivity index (χ4n) is 4.19. The Balaban J connectivity index is 1.43. The standard InChI is InChI=1S/C22H28ClN3O2S2/c1-14-8-17(11-22(2,3)10-14)25-19(27)9-18-12-29-21(26-18)30-13-20(28)24-16-6-4-15(23)5-7-16/h4-7,12,14,17H,8-11,13H2,1-3H3,(H,24,28)(H,25,27). The summed E-state index contributed by atoms with van der Waals surface area (Å²) in [6, 6.07) is 7.23. The molecule has 2 unspecified atom stereocenters. The minimum absolute atomic E-state index is 0.0206. The number of benzene rings is 1. The Morgan fingerprint density at radius 1 is 1.23 bits per heavy atom. The van der Waals surface area contributed by atoms with Gasteiger partial charge in [-0.2, -0.15) is 0 Å². The van der Waals surface area contributed by atoms with Crippen LogP contribution in [0.4, 0.5) is 5.69 Å². The molecule has 0 spiro atoms. The molecule has 162 valence electrons. The Morgan fingerprint density at radius 2 is 1.97 bits per heavy atom. The molecule has 1 aromatic heterocycles. The van der Waals surface area contributed by atoms with Crippen molar-refractivity contribution in [1.82, 2.24) is 10.3 Å². The number of amides is 2. The number of halogens is 1. The highest BCUT2D eigenvalue weighted by atomic mass is 35.5. The minimum atomic E-state index is -0.106. The molecule has 2 atom stereocenters. The van der Waals surface area contributed by atoms with Crippen molar-refractivity contribution in [2.45, 2.75) is 56.8 Å². The second-order valence-electron chi connectivity index (χ2n) is 8.80. The number of carbonyl (C=O) groups excluding carboxylic acids is 2. The lowest BCUT2D eigenvalue weighted by molar-refractivity contribution is -0.121. The molecule has 2 amide bonds. The van der Waals surface area contributed by atoms with Crippen LogP contribution >= 0.6 is 34.7 Å². The first-order chi connectivity index (χ1) is 14.2. The van der Waals surface area contributed by atoms with E-state index in [1.54, 1.807) is 24.3 Å². The van der Waals surface area contributed by atoms with Gasteiger partial charge in [0.25, 0.3) is 0 Å². The van der Waals surface area contributed by atoms with Crippen molar-refractivity contribution in [2.24, 2.45) is 11.3 Å². The van der Waals surface area contributed by atoms with Crippen LogP contribution in [-0.2, 0) is 16.0 Å². The topological polar surface area (TPSA) is 71.1 Å². The van der Waals surface area contributed by atoms with Gasteiger partial charge in [0.1, 0.15) is 0 Å². The summed E-state index contributed by atoms with van der Waals surface area (Å²) in [6.45, 7) is 6.80. The number of nitrogens with zero attached hydrogens (tertiary/aromatic N) is 1. The zero-order valence-corrected chi connectivity index (χ0v) is 19.9. The van der Waals surface area contributed by atoms with E-state index in [0.717, 1.165) is 22.9 Å². The summed E-state index contributed by atoms with van der Waals surface area (Å²) in [6.07, 6.45) is 3.54. The van der Waals surface area contributed by atoms with Gasteiger partial charge in [0.15, 0.2) is 4.34 Å². The quantitative estimate of drug-likeness (QED) is 0.537. The second-order valence-corrected chi connectivity index (χ2v) is 11.3. The molecule has 1 aliphatic rings. The smallest absolute Gasteiger partial charge is 0.234 e. The van der Waals surface area contributed by atoms with E-state index in [1.165, 1.54) is 29.5 Å². The average Bonchev–Trinajstić information content (AvgIpc) is 3.07. The van der Waals surface area contributed by atoms with Gasteiger partial charge in [-0.25, -0.2) is 4.98 Å². The maximum Gasteiger partial charge on any atom is 0.234 e. The highest BCUT2D eigenvalue weighted by Gasteiger charge is 2.32. The molecule has 8 heteroatoms. The Labute approximate surface area is 191 Å². The third kappa shape index (κ3) is 7.29. The van der Waals surface area contributed by atoms with Gasteiger partial charge in [0, 0.05) is 22.1 Å². The molecule has 2 aromatic rings. The van der Waals surface area contributed by atoms with Crippen LogP contribution in [0.5, 0.6) is 0 Å². The first-order valence-electron chi connectivity index (χ1n) is 10.1. The van der Waals surface area contributed by atoms with Gasteiger partial charge >= 0.3 is 0 Å². The second kappa shape index (κ2) is 10.2.